The number of rotatable bonds is 4. The van der Waals surface area contributed by atoms with Gasteiger partial charge in [-0.1, -0.05) is 50.5 Å². The Kier molecular flexibility index (Phi) is 4.69. The Balaban J connectivity index is 1.80. The Morgan fingerprint density at radius 2 is 1.91 bits per heavy atom. The van der Waals surface area contributed by atoms with Crippen LogP contribution >= 0.6 is 0 Å². The van der Waals surface area contributed by atoms with Gasteiger partial charge in [-0.15, -0.1) is 0 Å². The molecule has 0 heterocycles. The van der Waals surface area contributed by atoms with Crippen molar-refractivity contribution in [3.05, 3.63) is 40.3 Å². The maximum atomic E-state index is 12.7. The second kappa shape index (κ2) is 6.55. The zero-order chi connectivity index (χ0) is 15.6. The molecule has 1 fully saturated rings. The predicted molar refractivity (Wildman–Crippen MR) is 90.8 cm³/mol. The fourth-order valence-electron chi connectivity index (χ4n) is 3.74. The molecule has 1 aromatic rings. The molecule has 22 heavy (non-hydrogen) atoms. The second-order valence-electron chi connectivity index (χ2n) is 6.49. The van der Waals surface area contributed by atoms with Gasteiger partial charge in [0.05, 0.1) is 4.91 Å². The van der Waals surface area contributed by atoms with E-state index < -0.39 is 10.0 Å². The van der Waals surface area contributed by atoms with Crippen LogP contribution in [-0.4, -0.2) is 14.5 Å². The van der Waals surface area contributed by atoms with Gasteiger partial charge in [0, 0.05) is 6.04 Å². The quantitative estimate of drug-likeness (QED) is 0.916. The fourth-order valence-corrected chi connectivity index (χ4v) is 5.26. The van der Waals surface area contributed by atoms with Crippen LogP contribution in [0.25, 0.3) is 6.08 Å². The monoisotopic (exact) mass is 319 g/mol. The van der Waals surface area contributed by atoms with Crippen molar-refractivity contribution in [2.75, 3.05) is 0 Å². The lowest BCUT2D eigenvalue weighted by molar-refractivity contribution is 0.282. The summed E-state index contributed by atoms with van der Waals surface area (Å²) in [5.41, 5.74) is 2.29. The van der Waals surface area contributed by atoms with E-state index >= 15 is 0 Å². The Bertz CT molecular complexity index is 663. The number of aryl methyl sites for hydroxylation is 1. The SMILES string of the molecule is CC[C@@H]1CCCC[C@H]1NS(=O)(=O)C1=Cc2ccccc2CC1. The predicted octanol–water partition coefficient (Wildman–Crippen LogP) is 3.86. The molecule has 0 amide bonds. The van der Waals surface area contributed by atoms with Crippen molar-refractivity contribution in [1.82, 2.24) is 4.72 Å². The lowest BCUT2D eigenvalue weighted by atomic mass is 9.83. The maximum absolute atomic E-state index is 12.7. The van der Waals surface area contributed by atoms with Gasteiger partial charge in [-0.05, 0) is 48.8 Å². The first-order valence-corrected chi connectivity index (χ1v) is 9.89. The summed E-state index contributed by atoms with van der Waals surface area (Å²) in [4.78, 5) is 0.548. The van der Waals surface area contributed by atoms with Crippen LogP contribution in [0.4, 0.5) is 0 Å². The van der Waals surface area contributed by atoms with Crippen molar-refractivity contribution in [1.29, 1.82) is 0 Å². The number of nitrogens with one attached hydrogen (secondary N) is 1. The van der Waals surface area contributed by atoms with E-state index in [4.69, 9.17) is 0 Å². The molecule has 1 saturated carbocycles. The van der Waals surface area contributed by atoms with Crippen LogP contribution in [0.5, 0.6) is 0 Å². The summed E-state index contributed by atoms with van der Waals surface area (Å²) >= 11 is 0. The highest BCUT2D eigenvalue weighted by atomic mass is 32.2. The standard InChI is InChI=1S/C18H25NO2S/c1-2-14-7-5-6-10-18(14)19-22(20,21)17-12-11-15-8-3-4-9-16(15)13-17/h3-4,8-9,13-14,18-19H,2,5-7,10-12H2,1H3/t14-,18-/m1/s1. The highest BCUT2D eigenvalue weighted by Crippen LogP contribution is 2.30. The summed E-state index contributed by atoms with van der Waals surface area (Å²) in [5.74, 6) is 0.486. The number of fused-ring (bicyclic) bond motifs is 1. The first kappa shape index (κ1) is 15.8. The fraction of sp³-hybridized carbons (Fsp3) is 0.556. The van der Waals surface area contributed by atoms with E-state index in [0.717, 1.165) is 37.7 Å². The minimum Gasteiger partial charge on any atom is -0.208 e. The summed E-state index contributed by atoms with van der Waals surface area (Å²) in [6, 6.07) is 8.17. The molecule has 1 aromatic carbocycles. The van der Waals surface area contributed by atoms with E-state index in [1.165, 1.54) is 12.0 Å². The average molecular weight is 319 g/mol. The first-order chi connectivity index (χ1) is 10.6. The molecule has 1 N–H and O–H groups in total. The molecule has 0 bridgehead atoms. The van der Waals surface area contributed by atoms with Crippen molar-refractivity contribution in [2.24, 2.45) is 5.92 Å². The van der Waals surface area contributed by atoms with E-state index in [0.29, 0.717) is 17.2 Å². The van der Waals surface area contributed by atoms with Gasteiger partial charge in [0.15, 0.2) is 0 Å². The lowest BCUT2D eigenvalue weighted by Crippen LogP contribution is -2.42. The van der Waals surface area contributed by atoms with E-state index in [-0.39, 0.29) is 6.04 Å². The Labute approximate surface area is 133 Å². The Morgan fingerprint density at radius 3 is 2.73 bits per heavy atom. The minimum absolute atomic E-state index is 0.113. The normalized spacial score (nSPS) is 25.4. The summed E-state index contributed by atoms with van der Waals surface area (Å²) in [6.07, 6.45) is 8.80. The van der Waals surface area contributed by atoms with Gasteiger partial charge in [-0.2, -0.15) is 0 Å². The Morgan fingerprint density at radius 1 is 1.14 bits per heavy atom. The molecule has 2 aliphatic carbocycles. The highest BCUT2D eigenvalue weighted by Gasteiger charge is 2.30. The molecule has 4 heteroatoms. The van der Waals surface area contributed by atoms with E-state index in [9.17, 15) is 8.42 Å². The van der Waals surface area contributed by atoms with Gasteiger partial charge < -0.3 is 0 Å². The van der Waals surface area contributed by atoms with E-state index in [1.54, 1.807) is 0 Å². The molecule has 0 aromatic heterocycles. The molecule has 2 aliphatic rings. The third-order valence-electron chi connectivity index (χ3n) is 5.10. The molecule has 0 aliphatic heterocycles. The second-order valence-corrected chi connectivity index (χ2v) is 8.26. The zero-order valence-electron chi connectivity index (χ0n) is 13.2. The average Bonchev–Trinajstić information content (AvgIpc) is 2.54. The van der Waals surface area contributed by atoms with Gasteiger partial charge >= 0.3 is 0 Å². The van der Waals surface area contributed by atoms with Crippen molar-refractivity contribution in [3.63, 3.8) is 0 Å². The summed E-state index contributed by atoms with van der Waals surface area (Å²) < 4.78 is 28.5. The summed E-state index contributed by atoms with van der Waals surface area (Å²) in [7, 11) is -3.36. The molecule has 2 atom stereocenters. The molecule has 120 valence electrons. The maximum Gasteiger partial charge on any atom is 0.236 e. The highest BCUT2D eigenvalue weighted by molar-refractivity contribution is 7.93. The lowest BCUT2D eigenvalue weighted by Gasteiger charge is -2.31. The van der Waals surface area contributed by atoms with Crippen molar-refractivity contribution >= 4 is 16.1 Å². The number of hydrogen-bond donors (Lipinski definition) is 1. The van der Waals surface area contributed by atoms with Crippen LogP contribution < -0.4 is 4.72 Å². The molecule has 3 nitrogen and oxygen atoms in total. The molecule has 0 spiro atoms. The molecule has 0 saturated heterocycles. The molecular formula is C18H25NO2S. The van der Waals surface area contributed by atoms with E-state index in [2.05, 4.69) is 17.7 Å². The van der Waals surface area contributed by atoms with Crippen LogP contribution in [0.1, 0.15) is 56.6 Å². The van der Waals surface area contributed by atoms with Crippen LogP contribution in [0, 0.1) is 5.92 Å². The van der Waals surface area contributed by atoms with Gasteiger partial charge in [0.1, 0.15) is 0 Å². The number of benzene rings is 1. The zero-order valence-corrected chi connectivity index (χ0v) is 14.0. The van der Waals surface area contributed by atoms with Gasteiger partial charge in [-0.3, -0.25) is 0 Å². The largest absolute Gasteiger partial charge is 0.236 e. The van der Waals surface area contributed by atoms with Gasteiger partial charge in [0.25, 0.3) is 0 Å². The third-order valence-corrected chi connectivity index (χ3v) is 6.72. The van der Waals surface area contributed by atoms with Crippen molar-refractivity contribution in [3.8, 4) is 0 Å². The third kappa shape index (κ3) is 3.28. The molecular weight excluding hydrogens is 294 g/mol. The Hall–Kier alpha value is -1.13. The van der Waals surface area contributed by atoms with Gasteiger partial charge in [0.2, 0.25) is 10.0 Å². The first-order valence-electron chi connectivity index (χ1n) is 8.41. The molecule has 3 rings (SSSR count). The summed E-state index contributed by atoms with van der Waals surface area (Å²) in [5, 5.41) is 0. The minimum atomic E-state index is -3.36. The van der Waals surface area contributed by atoms with Crippen molar-refractivity contribution < 1.29 is 8.42 Å². The van der Waals surface area contributed by atoms with Crippen LogP contribution in [0.15, 0.2) is 29.2 Å². The molecule has 0 unspecified atom stereocenters. The number of hydrogen-bond acceptors (Lipinski definition) is 2. The summed E-state index contributed by atoms with van der Waals surface area (Å²) in [6.45, 7) is 2.16. The van der Waals surface area contributed by atoms with Crippen LogP contribution in [-0.2, 0) is 16.4 Å². The van der Waals surface area contributed by atoms with Crippen molar-refractivity contribution in [2.45, 2.75) is 57.9 Å². The van der Waals surface area contributed by atoms with E-state index in [1.807, 2.05) is 24.3 Å². The molecule has 0 radical (unpaired) electrons. The topological polar surface area (TPSA) is 46.2 Å². The number of allylic oxidation sites excluding steroid dienone is 1. The smallest absolute Gasteiger partial charge is 0.208 e. The van der Waals surface area contributed by atoms with Crippen LogP contribution in [0.2, 0.25) is 0 Å². The number of sulfonamides is 1. The van der Waals surface area contributed by atoms with Gasteiger partial charge in [-0.25, -0.2) is 13.1 Å². The van der Waals surface area contributed by atoms with Crippen LogP contribution in [0.3, 0.4) is 0 Å².